The molecule has 6 heteroatoms. The van der Waals surface area contributed by atoms with E-state index >= 15 is 0 Å². The number of amides is 1. The van der Waals surface area contributed by atoms with Crippen molar-refractivity contribution < 1.29 is 4.79 Å². The highest BCUT2D eigenvalue weighted by atomic mass is 32.1. The number of rotatable bonds is 3. The van der Waals surface area contributed by atoms with E-state index in [0.717, 1.165) is 51.1 Å². The first kappa shape index (κ1) is 16.8. The molecule has 0 unspecified atom stereocenters. The van der Waals surface area contributed by atoms with Crippen LogP contribution in [-0.4, -0.2) is 51.7 Å². The number of piperidine rings is 2. The second-order valence-electron chi connectivity index (χ2n) is 7.60. The molecule has 0 radical (unpaired) electrons. The third-order valence-electron chi connectivity index (χ3n) is 5.96. The van der Waals surface area contributed by atoms with Gasteiger partial charge in [0.25, 0.3) is 5.91 Å². The number of aryl methyl sites for hydroxylation is 1. The first-order valence-corrected chi connectivity index (χ1v) is 10.1. The zero-order valence-corrected chi connectivity index (χ0v) is 15.7. The summed E-state index contributed by atoms with van der Waals surface area (Å²) in [5.41, 5.74) is 2.61. The maximum Gasteiger partial charge on any atom is 0.254 e. The number of hydrogen-bond acceptors (Lipinski definition) is 4. The predicted molar refractivity (Wildman–Crippen MR) is 99.6 cm³/mol. The number of carbonyl (C=O) groups is 1. The van der Waals surface area contributed by atoms with Gasteiger partial charge in [0.05, 0.1) is 11.8 Å². The SMILES string of the molecule is Cn1cc(CN2CCC3(CC2)CCN(C(=O)c2ccsc2)CC3)cn1. The fraction of sp³-hybridized carbons (Fsp3) is 0.579. The summed E-state index contributed by atoms with van der Waals surface area (Å²) in [6, 6.07) is 1.94. The molecule has 0 atom stereocenters. The molecule has 1 amide bonds. The normalized spacial score (nSPS) is 20.9. The molecule has 4 rings (SSSR count). The minimum Gasteiger partial charge on any atom is -0.339 e. The van der Waals surface area contributed by atoms with Gasteiger partial charge in [0.1, 0.15) is 0 Å². The number of hydrogen-bond donors (Lipinski definition) is 0. The summed E-state index contributed by atoms with van der Waals surface area (Å²) >= 11 is 1.60. The van der Waals surface area contributed by atoms with Crippen LogP contribution >= 0.6 is 11.3 Å². The molecule has 0 bridgehead atoms. The molecule has 2 aliphatic rings. The Morgan fingerprint density at radius 1 is 1.20 bits per heavy atom. The van der Waals surface area contributed by atoms with Crippen molar-refractivity contribution in [2.24, 2.45) is 12.5 Å². The Balaban J connectivity index is 1.28. The Hall–Kier alpha value is -1.66. The van der Waals surface area contributed by atoms with Gasteiger partial charge in [-0.3, -0.25) is 14.4 Å². The minimum absolute atomic E-state index is 0.213. The molecule has 5 nitrogen and oxygen atoms in total. The van der Waals surface area contributed by atoms with E-state index in [1.807, 2.05) is 34.8 Å². The molecule has 2 aromatic rings. The van der Waals surface area contributed by atoms with Crippen LogP contribution in [0, 0.1) is 5.41 Å². The van der Waals surface area contributed by atoms with Gasteiger partial charge in [-0.05, 0) is 55.6 Å². The third-order valence-corrected chi connectivity index (χ3v) is 6.64. The topological polar surface area (TPSA) is 41.4 Å². The van der Waals surface area contributed by atoms with Crippen LogP contribution in [0.5, 0.6) is 0 Å². The van der Waals surface area contributed by atoms with E-state index in [1.165, 1.54) is 18.4 Å². The zero-order chi connectivity index (χ0) is 17.3. The van der Waals surface area contributed by atoms with Gasteiger partial charge in [0.15, 0.2) is 0 Å². The standard InChI is InChI=1S/C19H26N4OS/c1-21-13-16(12-20-21)14-22-7-3-19(4-8-22)5-9-23(10-6-19)18(24)17-2-11-25-15-17/h2,11-13,15H,3-10,14H2,1H3. The van der Waals surface area contributed by atoms with E-state index in [9.17, 15) is 4.79 Å². The van der Waals surface area contributed by atoms with Crippen molar-refractivity contribution in [2.75, 3.05) is 26.2 Å². The predicted octanol–water partition coefficient (Wildman–Crippen LogP) is 3.00. The van der Waals surface area contributed by atoms with Crippen molar-refractivity contribution in [2.45, 2.75) is 32.2 Å². The van der Waals surface area contributed by atoms with Crippen molar-refractivity contribution in [3.8, 4) is 0 Å². The lowest BCUT2D eigenvalue weighted by Crippen LogP contribution is -2.48. The molecule has 0 N–H and O–H groups in total. The molecular weight excluding hydrogens is 332 g/mol. The monoisotopic (exact) mass is 358 g/mol. The van der Waals surface area contributed by atoms with Crippen LogP contribution in [0.3, 0.4) is 0 Å². The molecule has 0 aromatic carbocycles. The Labute approximate surface area is 153 Å². The lowest BCUT2D eigenvalue weighted by Gasteiger charge is -2.46. The average Bonchev–Trinajstić information content (AvgIpc) is 3.29. The van der Waals surface area contributed by atoms with Crippen molar-refractivity contribution in [3.63, 3.8) is 0 Å². The minimum atomic E-state index is 0.213. The average molecular weight is 359 g/mol. The van der Waals surface area contributed by atoms with Crippen molar-refractivity contribution in [1.29, 1.82) is 0 Å². The van der Waals surface area contributed by atoms with E-state index in [4.69, 9.17) is 0 Å². The van der Waals surface area contributed by atoms with Gasteiger partial charge in [0, 0.05) is 43.8 Å². The van der Waals surface area contributed by atoms with E-state index in [-0.39, 0.29) is 5.91 Å². The summed E-state index contributed by atoms with van der Waals surface area (Å²) in [4.78, 5) is 17.1. The number of aromatic nitrogens is 2. The largest absolute Gasteiger partial charge is 0.339 e. The van der Waals surface area contributed by atoms with Crippen LogP contribution in [0.4, 0.5) is 0 Å². The van der Waals surface area contributed by atoms with Gasteiger partial charge in [-0.25, -0.2) is 0 Å². The fourth-order valence-electron chi connectivity index (χ4n) is 4.25. The van der Waals surface area contributed by atoms with Crippen LogP contribution in [0.1, 0.15) is 41.6 Å². The molecular formula is C19H26N4OS. The number of thiophene rings is 1. The van der Waals surface area contributed by atoms with Gasteiger partial charge in [-0.15, -0.1) is 0 Å². The first-order chi connectivity index (χ1) is 12.1. The maximum absolute atomic E-state index is 12.5. The number of nitrogens with zero attached hydrogens (tertiary/aromatic N) is 4. The molecule has 0 aliphatic carbocycles. The number of carbonyl (C=O) groups excluding carboxylic acids is 1. The summed E-state index contributed by atoms with van der Waals surface area (Å²) in [7, 11) is 1.97. The van der Waals surface area contributed by atoms with Crippen LogP contribution in [0.15, 0.2) is 29.2 Å². The molecule has 25 heavy (non-hydrogen) atoms. The quantitative estimate of drug-likeness (QED) is 0.847. The zero-order valence-electron chi connectivity index (χ0n) is 14.9. The van der Waals surface area contributed by atoms with Crippen LogP contribution in [0.25, 0.3) is 0 Å². The van der Waals surface area contributed by atoms with E-state index in [2.05, 4.69) is 21.1 Å². The second-order valence-corrected chi connectivity index (χ2v) is 8.38. The van der Waals surface area contributed by atoms with E-state index in [1.54, 1.807) is 11.3 Å². The van der Waals surface area contributed by atoms with Gasteiger partial charge in [-0.2, -0.15) is 16.4 Å². The molecule has 2 aromatic heterocycles. The molecule has 2 saturated heterocycles. The van der Waals surface area contributed by atoms with Gasteiger partial charge < -0.3 is 4.90 Å². The highest BCUT2D eigenvalue weighted by molar-refractivity contribution is 7.08. The Morgan fingerprint density at radius 2 is 1.92 bits per heavy atom. The van der Waals surface area contributed by atoms with E-state index in [0.29, 0.717) is 5.41 Å². The highest BCUT2D eigenvalue weighted by Gasteiger charge is 2.38. The van der Waals surface area contributed by atoms with Crippen molar-refractivity contribution in [3.05, 3.63) is 40.3 Å². The molecule has 4 heterocycles. The molecule has 2 aliphatic heterocycles. The highest BCUT2D eigenvalue weighted by Crippen LogP contribution is 2.41. The van der Waals surface area contributed by atoms with Crippen LogP contribution in [0.2, 0.25) is 0 Å². The summed E-state index contributed by atoms with van der Waals surface area (Å²) in [5.74, 6) is 0.213. The fourth-order valence-corrected chi connectivity index (χ4v) is 4.88. The maximum atomic E-state index is 12.5. The van der Waals surface area contributed by atoms with Gasteiger partial charge in [0.2, 0.25) is 0 Å². The smallest absolute Gasteiger partial charge is 0.254 e. The summed E-state index contributed by atoms with van der Waals surface area (Å²) < 4.78 is 1.88. The van der Waals surface area contributed by atoms with Gasteiger partial charge in [-0.1, -0.05) is 0 Å². The molecule has 134 valence electrons. The molecule has 2 fully saturated rings. The van der Waals surface area contributed by atoms with Crippen molar-refractivity contribution >= 4 is 17.2 Å². The summed E-state index contributed by atoms with van der Waals surface area (Å²) in [5, 5.41) is 8.21. The summed E-state index contributed by atoms with van der Waals surface area (Å²) in [6.07, 6.45) is 8.91. The lowest BCUT2D eigenvalue weighted by molar-refractivity contribution is 0.0285. The van der Waals surface area contributed by atoms with Crippen molar-refractivity contribution in [1.82, 2.24) is 19.6 Å². The van der Waals surface area contributed by atoms with E-state index < -0.39 is 0 Å². The number of likely N-dealkylation sites (tertiary alicyclic amines) is 2. The third kappa shape index (κ3) is 3.65. The van der Waals surface area contributed by atoms with Gasteiger partial charge >= 0.3 is 0 Å². The lowest BCUT2D eigenvalue weighted by atomic mass is 9.71. The molecule has 0 saturated carbocycles. The Morgan fingerprint density at radius 3 is 2.52 bits per heavy atom. The van der Waals surface area contributed by atoms with Crippen LogP contribution in [-0.2, 0) is 13.6 Å². The molecule has 1 spiro atoms. The second kappa shape index (κ2) is 6.92. The Kier molecular flexibility index (Phi) is 4.65. The Bertz CT molecular complexity index is 706. The first-order valence-electron chi connectivity index (χ1n) is 9.15. The van der Waals surface area contributed by atoms with Crippen LogP contribution < -0.4 is 0 Å². The summed E-state index contributed by atoms with van der Waals surface area (Å²) in [6.45, 7) is 5.15.